The highest BCUT2D eigenvalue weighted by molar-refractivity contribution is 5.86. The van der Waals surface area contributed by atoms with Crippen LogP contribution >= 0.6 is 0 Å². The van der Waals surface area contributed by atoms with Crippen LogP contribution in [0.3, 0.4) is 0 Å². The predicted octanol–water partition coefficient (Wildman–Crippen LogP) is 9.58. The molecule has 0 spiro atoms. The van der Waals surface area contributed by atoms with E-state index >= 15 is 0 Å². The first-order valence-electron chi connectivity index (χ1n) is 15.2. The van der Waals surface area contributed by atoms with E-state index < -0.39 is 0 Å². The van der Waals surface area contributed by atoms with Crippen molar-refractivity contribution in [3.8, 4) is 0 Å². The average molecular weight is 477 g/mol. The summed E-state index contributed by atoms with van der Waals surface area (Å²) in [6, 6.07) is 10.5. The highest BCUT2D eigenvalue weighted by Gasteiger charge is 2.60. The van der Waals surface area contributed by atoms with Gasteiger partial charge in [-0.15, -0.1) is 0 Å². The van der Waals surface area contributed by atoms with Gasteiger partial charge in [-0.3, -0.25) is 5.43 Å². The molecule has 0 unspecified atom stereocenters. The standard InChI is InChI=1S/C33H52N2/c1-23(2)10-9-11-24(3)29-16-17-30-28-15-14-25-22-27(35-34-26-12-7-6-8-13-26)18-20-32(25,4)31(28)19-21-33(29,30)5/h6-8,12-13,23-25,28-31,34H,9-11,14-22H2,1-5H3/b35-27+/t24-,25+,28+,29-,30+,31+,32+,33-/m1/s1. The van der Waals surface area contributed by atoms with Gasteiger partial charge in [0.2, 0.25) is 0 Å². The first-order valence-corrected chi connectivity index (χ1v) is 15.2. The van der Waals surface area contributed by atoms with E-state index in [2.05, 4.69) is 70.4 Å². The second-order valence-electron chi connectivity index (χ2n) is 14.0. The minimum atomic E-state index is 0.539. The Labute approximate surface area is 216 Å². The number of nitrogens with zero attached hydrogens (tertiary/aromatic N) is 1. The van der Waals surface area contributed by atoms with Crippen LogP contribution in [-0.4, -0.2) is 5.71 Å². The minimum Gasteiger partial charge on any atom is -0.279 e. The molecule has 8 atom stereocenters. The average Bonchev–Trinajstić information content (AvgIpc) is 3.20. The highest BCUT2D eigenvalue weighted by Crippen LogP contribution is 2.68. The van der Waals surface area contributed by atoms with E-state index in [0.29, 0.717) is 10.8 Å². The second kappa shape index (κ2) is 10.2. The summed E-state index contributed by atoms with van der Waals surface area (Å²) in [6.45, 7) is 12.8. The van der Waals surface area contributed by atoms with Crippen LogP contribution in [0.1, 0.15) is 112 Å². The van der Waals surface area contributed by atoms with Crippen molar-refractivity contribution in [1.29, 1.82) is 0 Å². The highest BCUT2D eigenvalue weighted by atomic mass is 15.3. The van der Waals surface area contributed by atoms with E-state index in [1.807, 2.05) is 0 Å². The molecule has 4 aliphatic rings. The van der Waals surface area contributed by atoms with Gasteiger partial charge in [0.15, 0.2) is 0 Å². The Kier molecular flexibility index (Phi) is 7.40. The van der Waals surface area contributed by atoms with Gasteiger partial charge in [-0.2, -0.15) is 5.10 Å². The number of anilines is 1. The number of rotatable bonds is 7. The maximum atomic E-state index is 4.88. The molecule has 35 heavy (non-hydrogen) atoms. The normalized spacial score (nSPS) is 40.7. The lowest BCUT2D eigenvalue weighted by atomic mass is 9.44. The summed E-state index contributed by atoms with van der Waals surface area (Å²) >= 11 is 0. The van der Waals surface area contributed by atoms with Crippen LogP contribution in [0.2, 0.25) is 0 Å². The molecule has 0 aliphatic heterocycles. The van der Waals surface area contributed by atoms with Crippen molar-refractivity contribution in [3.05, 3.63) is 30.3 Å². The largest absolute Gasteiger partial charge is 0.279 e. The zero-order chi connectivity index (χ0) is 24.6. The van der Waals surface area contributed by atoms with Crippen molar-refractivity contribution in [2.24, 2.45) is 57.4 Å². The number of benzene rings is 1. The molecule has 4 saturated carbocycles. The molecule has 2 nitrogen and oxygen atoms in total. The van der Waals surface area contributed by atoms with E-state index in [0.717, 1.165) is 47.1 Å². The Bertz CT molecular complexity index is 874. The molecule has 2 heteroatoms. The first-order chi connectivity index (χ1) is 16.8. The zero-order valence-corrected chi connectivity index (χ0v) is 23.4. The Balaban J connectivity index is 1.24. The summed E-state index contributed by atoms with van der Waals surface area (Å²) in [7, 11) is 0. The summed E-state index contributed by atoms with van der Waals surface area (Å²) in [5.74, 6) is 6.52. The monoisotopic (exact) mass is 476 g/mol. The third kappa shape index (κ3) is 4.85. The summed E-state index contributed by atoms with van der Waals surface area (Å²) in [6.07, 6.45) is 17.0. The number of para-hydroxylation sites is 1. The third-order valence-corrected chi connectivity index (χ3v) is 11.8. The number of nitrogens with one attached hydrogen (secondary N) is 1. The van der Waals surface area contributed by atoms with Crippen LogP contribution < -0.4 is 5.43 Å². The molecule has 0 heterocycles. The molecule has 0 saturated heterocycles. The predicted molar refractivity (Wildman–Crippen MR) is 151 cm³/mol. The van der Waals surface area contributed by atoms with Gasteiger partial charge in [-0.25, -0.2) is 0 Å². The van der Waals surface area contributed by atoms with Crippen molar-refractivity contribution in [2.75, 3.05) is 5.43 Å². The smallest absolute Gasteiger partial charge is 0.0561 e. The van der Waals surface area contributed by atoms with Crippen LogP contribution in [-0.2, 0) is 0 Å². The number of fused-ring (bicyclic) bond motifs is 5. The Hall–Kier alpha value is -1.31. The molecule has 1 N–H and O–H groups in total. The number of hydrazone groups is 1. The summed E-state index contributed by atoms with van der Waals surface area (Å²) < 4.78 is 0. The Morgan fingerprint density at radius 2 is 1.66 bits per heavy atom. The maximum Gasteiger partial charge on any atom is 0.0561 e. The first kappa shape index (κ1) is 25.3. The molecular weight excluding hydrogens is 424 g/mol. The van der Waals surface area contributed by atoms with Crippen molar-refractivity contribution in [2.45, 2.75) is 112 Å². The van der Waals surface area contributed by atoms with Gasteiger partial charge in [0.25, 0.3) is 0 Å². The fourth-order valence-corrected chi connectivity index (χ4v) is 9.84. The van der Waals surface area contributed by atoms with E-state index in [-0.39, 0.29) is 0 Å². The molecule has 4 aliphatic carbocycles. The van der Waals surface area contributed by atoms with E-state index in [4.69, 9.17) is 5.10 Å². The van der Waals surface area contributed by atoms with E-state index in [1.54, 1.807) is 0 Å². The maximum absolute atomic E-state index is 4.88. The van der Waals surface area contributed by atoms with Crippen molar-refractivity contribution in [3.63, 3.8) is 0 Å². The molecule has 0 aromatic heterocycles. The van der Waals surface area contributed by atoms with Crippen LogP contribution in [0.4, 0.5) is 5.69 Å². The lowest BCUT2D eigenvalue weighted by Crippen LogP contribution is -2.53. The van der Waals surface area contributed by atoms with Gasteiger partial charge in [-0.1, -0.05) is 72.1 Å². The molecule has 0 radical (unpaired) electrons. The lowest BCUT2D eigenvalue weighted by molar-refractivity contribution is -0.105. The molecular formula is C33H52N2. The van der Waals surface area contributed by atoms with Crippen LogP contribution in [0, 0.1) is 52.3 Å². The zero-order valence-electron chi connectivity index (χ0n) is 23.4. The van der Waals surface area contributed by atoms with Crippen LogP contribution in [0.5, 0.6) is 0 Å². The van der Waals surface area contributed by atoms with Gasteiger partial charge >= 0.3 is 0 Å². The second-order valence-corrected chi connectivity index (χ2v) is 14.0. The van der Waals surface area contributed by atoms with Gasteiger partial charge in [-0.05, 0) is 122 Å². The Morgan fingerprint density at radius 1 is 0.886 bits per heavy atom. The van der Waals surface area contributed by atoms with Crippen LogP contribution in [0.15, 0.2) is 35.4 Å². The molecule has 1 aromatic rings. The van der Waals surface area contributed by atoms with Gasteiger partial charge in [0.1, 0.15) is 0 Å². The number of hydrogen-bond acceptors (Lipinski definition) is 2. The van der Waals surface area contributed by atoms with Gasteiger partial charge < -0.3 is 0 Å². The Morgan fingerprint density at radius 3 is 2.43 bits per heavy atom. The van der Waals surface area contributed by atoms with Crippen LogP contribution in [0.25, 0.3) is 0 Å². The topological polar surface area (TPSA) is 24.4 Å². The third-order valence-electron chi connectivity index (χ3n) is 11.8. The molecule has 1 aromatic carbocycles. The summed E-state index contributed by atoms with van der Waals surface area (Å²) in [5, 5.41) is 4.88. The molecule has 194 valence electrons. The van der Waals surface area contributed by atoms with Crippen molar-refractivity contribution < 1.29 is 0 Å². The summed E-state index contributed by atoms with van der Waals surface area (Å²) in [4.78, 5) is 0. The molecule has 0 amide bonds. The van der Waals surface area contributed by atoms with E-state index in [1.165, 1.54) is 82.8 Å². The molecule has 4 fully saturated rings. The molecule has 0 bridgehead atoms. The molecule has 5 rings (SSSR count). The fourth-order valence-electron chi connectivity index (χ4n) is 9.84. The van der Waals surface area contributed by atoms with Gasteiger partial charge in [0, 0.05) is 5.71 Å². The quantitative estimate of drug-likeness (QED) is 0.389. The number of hydrogen-bond donors (Lipinski definition) is 1. The summed E-state index contributed by atoms with van der Waals surface area (Å²) in [5.41, 5.74) is 7.01. The fraction of sp³-hybridized carbons (Fsp3) is 0.788. The lowest BCUT2D eigenvalue weighted by Gasteiger charge is -2.61. The minimum absolute atomic E-state index is 0.539. The van der Waals surface area contributed by atoms with E-state index in [9.17, 15) is 0 Å². The van der Waals surface area contributed by atoms with Gasteiger partial charge in [0.05, 0.1) is 5.69 Å². The van der Waals surface area contributed by atoms with Crippen molar-refractivity contribution >= 4 is 11.4 Å². The SMILES string of the molecule is CC(C)CCC[C@@H](C)[C@H]1CC[C@H]2[C@@H]3CC[C@H]4C/C(=N/Nc5ccccc5)CC[C@]4(C)[C@H]3CC[C@]12C. The van der Waals surface area contributed by atoms with Crippen molar-refractivity contribution in [1.82, 2.24) is 0 Å².